The quantitative estimate of drug-likeness (QED) is 0.799. The zero-order valence-electron chi connectivity index (χ0n) is 13.3. The van der Waals surface area contributed by atoms with Crippen molar-refractivity contribution >= 4 is 0 Å². The van der Waals surface area contributed by atoms with Gasteiger partial charge in [0.25, 0.3) is 0 Å². The largest absolute Gasteiger partial charge is 0.468 e. The second-order valence-electron chi connectivity index (χ2n) is 6.02. The third-order valence-electron chi connectivity index (χ3n) is 4.69. The lowest BCUT2D eigenvalue weighted by Crippen LogP contribution is -2.36. The number of imidazole rings is 1. The maximum atomic E-state index is 5.58. The van der Waals surface area contributed by atoms with E-state index in [-0.39, 0.29) is 6.04 Å². The van der Waals surface area contributed by atoms with Gasteiger partial charge in [0.15, 0.2) is 0 Å². The highest BCUT2D eigenvalue weighted by molar-refractivity contribution is 5.38. The van der Waals surface area contributed by atoms with E-state index in [9.17, 15) is 0 Å². The standard InChI is InChI=1S/C19H21N3O/c1-2-14-6-3-4-8-16(14)19-18-17(20-13-21-18)9-10-22(19)12-15-7-5-11-23-15/h3-8,11,13,19H,2,9-10,12H2,1H3,(H,20,21)/t19-/m1/s1. The second-order valence-corrected chi connectivity index (χ2v) is 6.02. The maximum Gasteiger partial charge on any atom is 0.117 e. The van der Waals surface area contributed by atoms with Crippen molar-refractivity contribution in [2.24, 2.45) is 0 Å². The fraction of sp³-hybridized carbons (Fsp3) is 0.316. The lowest BCUT2D eigenvalue weighted by atomic mass is 9.91. The predicted molar refractivity (Wildman–Crippen MR) is 89.1 cm³/mol. The number of aryl methyl sites for hydroxylation is 1. The minimum Gasteiger partial charge on any atom is -0.468 e. The summed E-state index contributed by atoms with van der Waals surface area (Å²) in [5, 5.41) is 0. The van der Waals surface area contributed by atoms with E-state index in [0.29, 0.717) is 0 Å². The summed E-state index contributed by atoms with van der Waals surface area (Å²) in [6.45, 7) is 4.02. The van der Waals surface area contributed by atoms with E-state index in [1.54, 1.807) is 6.26 Å². The first kappa shape index (κ1) is 14.3. The molecule has 4 rings (SSSR count). The van der Waals surface area contributed by atoms with E-state index in [1.807, 2.05) is 18.5 Å². The number of hydrogen-bond donors (Lipinski definition) is 1. The van der Waals surface area contributed by atoms with Crippen LogP contribution in [0.3, 0.4) is 0 Å². The fourth-order valence-electron chi connectivity index (χ4n) is 3.56. The van der Waals surface area contributed by atoms with Crippen LogP contribution in [-0.4, -0.2) is 21.4 Å². The fourth-order valence-corrected chi connectivity index (χ4v) is 3.56. The molecule has 0 saturated heterocycles. The lowest BCUT2D eigenvalue weighted by Gasteiger charge is -2.35. The number of aromatic amines is 1. The molecule has 0 unspecified atom stereocenters. The first-order valence-electron chi connectivity index (χ1n) is 8.23. The maximum absolute atomic E-state index is 5.58. The summed E-state index contributed by atoms with van der Waals surface area (Å²) >= 11 is 0. The highest BCUT2D eigenvalue weighted by Crippen LogP contribution is 2.36. The minimum absolute atomic E-state index is 0.186. The van der Waals surface area contributed by atoms with Crippen molar-refractivity contribution in [3.05, 3.63) is 77.3 Å². The summed E-state index contributed by atoms with van der Waals surface area (Å²) in [6.07, 6.45) is 5.60. The number of benzene rings is 1. The summed E-state index contributed by atoms with van der Waals surface area (Å²) in [5.41, 5.74) is 5.16. The van der Waals surface area contributed by atoms with Gasteiger partial charge < -0.3 is 9.40 Å². The molecule has 0 fully saturated rings. The van der Waals surface area contributed by atoms with Crippen LogP contribution in [0, 0.1) is 0 Å². The van der Waals surface area contributed by atoms with E-state index in [1.165, 1.54) is 16.8 Å². The van der Waals surface area contributed by atoms with Crippen molar-refractivity contribution in [1.82, 2.24) is 14.9 Å². The molecule has 1 aliphatic rings. The molecule has 0 saturated carbocycles. The molecule has 1 aromatic carbocycles. The smallest absolute Gasteiger partial charge is 0.117 e. The molecule has 2 aromatic heterocycles. The Bertz CT molecular complexity index is 776. The summed E-state index contributed by atoms with van der Waals surface area (Å²) in [7, 11) is 0. The third kappa shape index (κ3) is 2.59. The Morgan fingerprint density at radius 2 is 2.17 bits per heavy atom. The van der Waals surface area contributed by atoms with Gasteiger partial charge in [0.05, 0.1) is 30.9 Å². The van der Waals surface area contributed by atoms with Crippen LogP contribution in [0.4, 0.5) is 0 Å². The van der Waals surface area contributed by atoms with E-state index in [0.717, 1.165) is 37.4 Å². The van der Waals surface area contributed by atoms with Gasteiger partial charge in [0.1, 0.15) is 5.76 Å². The van der Waals surface area contributed by atoms with E-state index >= 15 is 0 Å². The number of furan rings is 1. The van der Waals surface area contributed by atoms with Crippen LogP contribution in [0.15, 0.2) is 53.4 Å². The molecule has 0 aliphatic carbocycles. The van der Waals surface area contributed by atoms with Crippen molar-refractivity contribution < 1.29 is 4.42 Å². The number of nitrogens with zero attached hydrogens (tertiary/aromatic N) is 2. The van der Waals surface area contributed by atoms with Crippen molar-refractivity contribution in [2.75, 3.05) is 6.54 Å². The number of nitrogens with one attached hydrogen (secondary N) is 1. The summed E-state index contributed by atoms with van der Waals surface area (Å²) in [5.74, 6) is 1.00. The highest BCUT2D eigenvalue weighted by atomic mass is 16.3. The van der Waals surface area contributed by atoms with E-state index in [4.69, 9.17) is 4.42 Å². The molecule has 23 heavy (non-hydrogen) atoms. The van der Waals surface area contributed by atoms with Gasteiger partial charge in [0, 0.05) is 18.7 Å². The Hall–Kier alpha value is -2.33. The van der Waals surface area contributed by atoms with Crippen LogP contribution in [0.2, 0.25) is 0 Å². The highest BCUT2D eigenvalue weighted by Gasteiger charge is 2.32. The number of hydrogen-bond acceptors (Lipinski definition) is 3. The summed E-state index contributed by atoms with van der Waals surface area (Å²) < 4.78 is 5.58. The number of rotatable bonds is 4. The first-order valence-corrected chi connectivity index (χ1v) is 8.23. The van der Waals surface area contributed by atoms with Gasteiger partial charge in [-0.2, -0.15) is 0 Å². The van der Waals surface area contributed by atoms with Crippen LogP contribution in [0.25, 0.3) is 0 Å². The lowest BCUT2D eigenvalue weighted by molar-refractivity contribution is 0.184. The molecule has 3 aromatic rings. The third-order valence-corrected chi connectivity index (χ3v) is 4.69. The zero-order chi connectivity index (χ0) is 15.6. The first-order chi connectivity index (χ1) is 11.4. The van der Waals surface area contributed by atoms with E-state index in [2.05, 4.69) is 46.1 Å². The number of aromatic nitrogens is 2. The molecule has 118 valence electrons. The molecular weight excluding hydrogens is 286 g/mol. The molecule has 1 atom stereocenters. The molecule has 4 heteroatoms. The Morgan fingerprint density at radius 3 is 3.00 bits per heavy atom. The molecular formula is C19H21N3O. The molecule has 4 nitrogen and oxygen atoms in total. The second kappa shape index (κ2) is 6.05. The molecule has 0 bridgehead atoms. The van der Waals surface area contributed by atoms with Gasteiger partial charge in [0.2, 0.25) is 0 Å². The molecule has 0 spiro atoms. The molecule has 1 N–H and O–H groups in total. The Labute approximate surface area is 136 Å². The van der Waals surface area contributed by atoms with E-state index < -0.39 is 0 Å². The monoisotopic (exact) mass is 307 g/mol. The zero-order valence-corrected chi connectivity index (χ0v) is 13.3. The Kier molecular flexibility index (Phi) is 3.75. The van der Waals surface area contributed by atoms with Gasteiger partial charge in [-0.1, -0.05) is 31.2 Å². The van der Waals surface area contributed by atoms with Crippen molar-refractivity contribution in [3.8, 4) is 0 Å². The number of fused-ring (bicyclic) bond motifs is 1. The topological polar surface area (TPSA) is 45.1 Å². The molecule has 0 amide bonds. The van der Waals surface area contributed by atoms with Crippen LogP contribution in [-0.2, 0) is 19.4 Å². The summed E-state index contributed by atoms with van der Waals surface area (Å²) in [4.78, 5) is 10.4. The van der Waals surface area contributed by atoms with Gasteiger partial charge >= 0.3 is 0 Å². The van der Waals surface area contributed by atoms with Crippen LogP contribution in [0.5, 0.6) is 0 Å². The van der Waals surface area contributed by atoms with Gasteiger partial charge in [-0.15, -0.1) is 0 Å². The average molecular weight is 307 g/mol. The van der Waals surface area contributed by atoms with Crippen molar-refractivity contribution in [2.45, 2.75) is 32.4 Å². The normalized spacial score (nSPS) is 18.0. The van der Waals surface area contributed by atoms with Gasteiger partial charge in [-0.3, -0.25) is 4.90 Å². The summed E-state index contributed by atoms with van der Waals surface area (Å²) in [6, 6.07) is 12.9. The Morgan fingerprint density at radius 1 is 1.26 bits per heavy atom. The average Bonchev–Trinajstić information content (AvgIpc) is 3.26. The number of H-pyrrole nitrogens is 1. The molecule has 1 aliphatic heterocycles. The van der Waals surface area contributed by atoms with Crippen molar-refractivity contribution in [3.63, 3.8) is 0 Å². The minimum atomic E-state index is 0.186. The van der Waals surface area contributed by atoms with Gasteiger partial charge in [-0.25, -0.2) is 4.98 Å². The van der Waals surface area contributed by atoms with Crippen LogP contribution < -0.4 is 0 Å². The predicted octanol–water partition coefficient (Wildman–Crippen LogP) is 3.71. The van der Waals surface area contributed by atoms with Gasteiger partial charge in [-0.05, 0) is 29.7 Å². The SMILES string of the molecule is CCc1ccccc1[C@@H]1c2nc[nH]c2CCN1Cc1ccco1. The van der Waals surface area contributed by atoms with Crippen LogP contribution in [0.1, 0.15) is 41.2 Å². The Balaban J connectivity index is 1.77. The molecule has 0 radical (unpaired) electrons. The van der Waals surface area contributed by atoms with Crippen molar-refractivity contribution in [1.29, 1.82) is 0 Å². The van der Waals surface area contributed by atoms with Crippen LogP contribution >= 0.6 is 0 Å². The molecule has 3 heterocycles.